The third-order valence-corrected chi connectivity index (χ3v) is 8.57. The van der Waals surface area contributed by atoms with Gasteiger partial charge >= 0.3 is 11.9 Å². The lowest BCUT2D eigenvalue weighted by atomic mass is 9.91. The molecule has 1 amide bonds. The number of carbonyl (C=O) groups is 3. The quantitative estimate of drug-likeness (QED) is 0.139. The summed E-state index contributed by atoms with van der Waals surface area (Å²) in [5.74, 6) is -1.69. The summed E-state index contributed by atoms with van der Waals surface area (Å²) >= 11 is 7.35. The molecule has 3 aromatic carbocycles. The van der Waals surface area contributed by atoms with Gasteiger partial charge in [-0.2, -0.15) is 0 Å². The zero-order valence-corrected chi connectivity index (χ0v) is 24.9. The number of piperidine rings is 1. The maximum atomic E-state index is 13.8. The number of ether oxygens (including phenoxy) is 3. The summed E-state index contributed by atoms with van der Waals surface area (Å²) in [6, 6.07) is 23.2. The van der Waals surface area contributed by atoms with Crippen molar-refractivity contribution in [2.24, 2.45) is 5.92 Å². The Labute approximate surface area is 262 Å². The van der Waals surface area contributed by atoms with Crippen molar-refractivity contribution in [1.82, 2.24) is 5.32 Å². The lowest BCUT2D eigenvalue weighted by Crippen LogP contribution is -2.44. The van der Waals surface area contributed by atoms with E-state index in [1.807, 2.05) is 42.5 Å². The summed E-state index contributed by atoms with van der Waals surface area (Å²) in [5.41, 5.74) is 1.02. The van der Waals surface area contributed by atoms with Gasteiger partial charge in [0.1, 0.15) is 16.5 Å². The number of amides is 1. The van der Waals surface area contributed by atoms with E-state index in [1.165, 1.54) is 0 Å². The van der Waals surface area contributed by atoms with Gasteiger partial charge in [0.2, 0.25) is 0 Å². The standard InChI is InChI=1S/C32H29ClN2O8S/c33-26-28(41-18-25(36)37)30(32(39)40)44-29(26)20-7-6-10-22(17-20)43-27(19-13-15-34-16-14-19)31(38)35-23-11-4-5-12-24(23)42-21-8-2-1-3-9-21/h1-12,17,19,27,34H,13-16,18H2,(H,35,38)(H,36,37)(H,39,40). The number of thiophene rings is 1. The molecule has 1 atom stereocenters. The molecule has 0 aliphatic carbocycles. The summed E-state index contributed by atoms with van der Waals surface area (Å²) in [6.45, 7) is 0.743. The second kappa shape index (κ2) is 14.3. The van der Waals surface area contributed by atoms with Crippen molar-refractivity contribution >= 4 is 46.5 Å². The molecule has 1 saturated heterocycles. The highest BCUT2D eigenvalue weighted by Crippen LogP contribution is 2.46. The van der Waals surface area contributed by atoms with Crippen molar-refractivity contribution in [3.63, 3.8) is 0 Å². The van der Waals surface area contributed by atoms with E-state index < -0.39 is 24.6 Å². The van der Waals surface area contributed by atoms with Gasteiger partial charge in [-0.1, -0.05) is 54.1 Å². The van der Waals surface area contributed by atoms with Gasteiger partial charge in [0.05, 0.1) is 10.6 Å². The molecule has 1 fully saturated rings. The van der Waals surface area contributed by atoms with Gasteiger partial charge in [-0.3, -0.25) is 4.79 Å². The summed E-state index contributed by atoms with van der Waals surface area (Å²) in [4.78, 5) is 36.8. The van der Waals surface area contributed by atoms with Crippen LogP contribution < -0.4 is 24.8 Å². The normalized spacial score (nSPS) is 13.9. The molecule has 44 heavy (non-hydrogen) atoms. The molecule has 12 heteroatoms. The summed E-state index contributed by atoms with van der Waals surface area (Å²) in [6.07, 6.45) is 0.603. The minimum absolute atomic E-state index is 0.0199. The van der Waals surface area contributed by atoms with Crippen LogP contribution in [0, 0.1) is 5.92 Å². The fourth-order valence-corrected chi connectivity index (χ4v) is 6.23. The molecule has 0 spiro atoms. The van der Waals surface area contributed by atoms with Crippen LogP contribution >= 0.6 is 22.9 Å². The first kappa shape index (κ1) is 30.9. The van der Waals surface area contributed by atoms with Gasteiger partial charge in [0.25, 0.3) is 5.91 Å². The Bertz CT molecular complexity index is 1640. The predicted molar refractivity (Wildman–Crippen MR) is 166 cm³/mol. The van der Waals surface area contributed by atoms with Crippen LogP contribution in [0.25, 0.3) is 10.4 Å². The second-order valence-electron chi connectivity index (χ2n) is 9.95. The maximum absolute atomic E-state index is 13.8. The van der Waals surface area contributed by atoms with Crippen molar-refractivity contribution in [1.29, 1.82) is 0 Å². The molecule has 1 unspecified atom stereocenters. The Morgan fingerprint density at radius 2 is 1.66 bits per heavy atom. The van der Waals surface area contributed by atoms with E-state index in [-0.39, 0.29) is 27.5 Å². The lowest BCUT2D eigenvalue weighted by Gasteiger charge is -2.30. The third-order valence-electron chi connectivity index (χ3n) is 6.89. The van der Waals surface area contributed by atoms with Crippen molar-refractivity contribution in [3.8, 4) is 33.4 Å². The predicted octanol–water partition coefficient (Wildman–Crippen LogP) is 6.41. The maximum Gasteiger partial charge on any atom is 0.349 e. The molecule has 1 aliphatic heterocycles. The molecule has 4 N–H and O–H groups in total. The number of rotatable bonds is 12. The van der Waals surface area contributed by atoms with Crippen LogP contribution in [0.5, 0.6) is 23.0 Å². The summed E-state index contributed by atoms with van der Waals surface area (Å²) in [5, 5.41) is 24.9. The van der Waals surface area contributed by atoms with E-state index in [0.29, 0.717) is 33.4 Å². The Morgan fingerprint density at radius 1 is 0.955 bits per heavy atom. The number of carboxylic acids is 2. The number of benzene rings is 3. The van der Waals surface area contributed by atoms with Gasteiger partial charge < -0.3 is 35.1 Å². The second-order valence-corrected chi connectivity index (χ2v) is 11.3. The zero-order chi connectivity index (χ0) is 31.1. The molecule has 0 bridgehead atoms. The van der Waals surface area contributed by atoms with E-state index >= 15 is 0 Å². The van der Waals surface area contributed by atoms with E-state index in [4.69, 9.17) is 30.9 Å². The average Bonchev–Trinajstić information content (AvgIpc) is 3.37. The molecular weight excluding hydrogens is 608 g/mol. The van der Waals surface area contributed by atoms with Crippen LogP contribution in [0.3, 0.4) is 0 Å². The molecule has 10 nitrogen and oxygen atoms in total. The van der Waals surface area contributed by atoms with Gasteiger partial charge in [0, 0.05) is 5.92 Å². The molecule has 228 valence electrons. The van der Waals surface area contributed by atoms with Crippen LogP contribution in [-0.4, -0.2) is 53.9 Å². The molecular formula is C32H29ClN2O8S. The Balaban J connectivity index is 1.41. The number of hydrogen-bond donors (Lipinski definition) is 4. The summed E-state index contributed by atoms with van der Waals surface area (Å²) in [7, 11) is 0. The largest absolute Gasteiger partial charge is 0.480 e. The van der Waals surface area contributed by atoms with Crippen molar-refractivity contribution in [2.75, 3.05) is 25.0 Å². The lowest BCUT2D eigenvalue weighted by molar-refractivity contribution is -0.139. The third kappa shape index (κ3) is 7.49. The van der Waals surface area contributed by atoms with Gasteiger partial charge in [0.15, 0.2) is 29.1 Å². The number of hydrogen-bond acceptors (Lipinski definition) is 8. The molecule has 1 aliphatic rings. The highest BCUT2D eigenvalue weighted by molar-refractivity contribution is 7.18. The fourth-order valence-electron chi connectivity index (χ4n) is 4.83. The summed E-state index contributed by atoms with van der Waals surface area (Å²) < 4.78 is 17.6. The average molecular weight is 637 g/mol. The highest BCUT2D eigenvalue weighted by atomic mass is 35.5. The Kier molecular flexibility index (Phi) is 10.0. The number of para-hydroxylation sites is 3. The van der Waals surface area contributed by atoms with Crippen LogP contribution in [0.1, 0.15) is 22.5 Å². The molecule has 5 rings (SSSR count). The van der Waals surface area contributed by atoms with E-state index in [1.54, 1.807) is 36.4 Å². The van der Waals surface area contributed by atoms with Gasteiger partial charge in [-0.15, -0.1) is 11.3 Å². The SMILES string of the molecule is O=C(O)COc1c(C(=O)O)sc(-c2cccc(OC(C(=O)Nc3ccccc3Oc3ccccc3)C3CCNCC3)c2)c1Cl. The minimum atomic E-state index is -1.30. The zero-order valence-electron chi connectivity index (χ0n) is 23.3. The number of aliphatic carboxylic acids is 1. The first-order chi connectivity index (χ1) is 21.3. The van der Waals surface area contributed by atoms with E-state index in [9.17, 15) is 19.5 Å². The smallest absolute Gasteiger partial charge is 0.349 e. The first-order valence-electron chi connectivity index (χ1n) is 13.8. The van der Waals surface area contributed by atoms with E-state index in [2.05, 4.69) is 10.6 Å². The number of nitrogens with one attached hydrogen (secondary N) is 2. The van der Waals surface area contributed by atoms with Crippen molar-refractivity contribution < 1.29 is 38.8 Å². The molecule has 4 aromatic rings. The monoisotopic (exact) mass is 636 g/mol. The van der Waals surface area contributed by atoms with Crippen LogP contribution in [0.4, 0.5) is 5.69 Å². The molecule has 0 saturated carbocycles. The molecule has 0 radical (unpaired) electrons. The van der Waals surface area contributed by atoms with Crippen molar-refractivity contribution in [2.45, 2.75) is 18.9 Å². The van der Waals surface area contributed by atoms with Crippen LogP contribution in [0.2, 0.25) is 5.02 Å². The fraction of sp³-hybridized carbons (Fsp3) is 0.219. The number of anilines is 1. The van der Waals surface area contributed by atoms with E-state index in [0.717, 1.165) is 37.3 Å². The van der Waals surface area contributed by atoms with Crippen molar-refractivity contribution in [3.05, 3.63) is 88.8 Å². The topological polar surface area (TPSA) is 143 Å². The van der Waals surface area contributed by atoms with Gasteiger partial charge in [-0.05, 0) is 67.9 Å². The Hall–Kier alpha value is -4.58. The van der Waals surface area contributed by atoms with Gasteiger partial charge in [-0.25, -0.2) is 9.59 Å². The minimum Gasteiger partial charge on any atom is -0.480 e. The molecule has 1 aromatic heterocycles. The Morgan fingerprint density at radius 3 is 2.39 bits per heavy atom. The number of carboxylic acid groups (broad SMARTS) is 2. The first-order valence-corrected chi connectivity index (χ1v) is 15.0. The number of aromatic carboxylic acids is 1. The number of carbonyl (C=O) groups excluding carboxylic acids is 1. The van der Waals surface area contributed by atoms with Crippen LogP contribution in [-0.2, 0) is 9.59 Å². The number of halogens is 1. The van der Waals surface area contributed by atoms with Crippen LogP contribution in [0.15, 0.2) is 78.9 Å². The highest BCUT2D eigenvalue weighted by Gasteiger charge is 2.32. The molecule has 2 heterocycles.